The molecule has 0 aliphatic carbocycles. The fraction of sp³-hybridized carbons (Fsp3) is 0.143. The van der Waals surface area contributed by atoms with Crippen LogP contribution in [0.25, 0.3) is 0 Å². The minimum absolute atomic E-state index is 0.0966. The van der Waals surface area contributed by atoms with Crippen molar-refractivity contribution in [2.75, 3.05) is 0 Å². The number of carbonyl (C=O) groups excluding carboxylic acids is 1. The van der Waals surface area contributed by atoms with Crippen molar-refractivity contribution in [2.24, 2.45) is 0 Å². The molecule has 0 amide bonds. The fourth-order valence-electron chi connectivity index (χ4n) is 0.688. The number of aromatic hydroxyl groups is 1. The Morgan fingerprint density at radius 2 is 2.36 bits per heavy atom. The highest BCUT2D eigenvalue weighted by atomic mass is 79.9. The van der Waals surface area contributed by atoms with E-state index in [2.05, 4.69) is 20.9 Å². The monoisotopic (exact) mass is 215 g/mol. The van der Waals surface area contributed by atoms with Crippen LogP contribution in [0.4, 0.5) is 0 Å². The first-order valence-corrected chi connectivity index (χ1v) is 3.76. The molecule has 0 bridgehead atoms. The van der Waals surface area contributed by atoms with E-state index < -0.39 is 0 Å². The Morgan fingerprint density at radius 3 is 2.82 bits per heavy atom. The van der Waals surface area contributed by atoms with Crippen LogP contribution in [0.2, 0.25) is 0 Å². The maximum atomic E-state index is 10.8. The maximum Gasteiger partial charge on any atom is 0.181 e. The lowest BCUT2D eigenvalue weighted by Gasteiger charge is -1.99. The molecule has 1 aromatic heterocycles. The molecule has 0 fully saturated rings. The number of pyridine rings is 1. The van der Waals surface area contributed by atoms with Gasteiger partial charge in [0.1, 0.15) is 5.69 Å². The van der Waals surface area contributed by atoms with Crippen LogP contribution in [0.3, 0.4) is 0 Å². The van der Waals surface area contributed by atoms with Crippen molar-refractivity contribution < 1.29 is 9.90 Å². The molecule has 1 heterocycles. The van der Waals surface area contributed by atoms with Crippen molar-refractivity contribution in [3.63, 3.8) is 0 Å². The quantitative estimate of drug-likeness (QED) is 0.727. The topological polar surface area (TPSA) is 50.2 Å². The van der Waals surface area contributed by atoms with Gasteiger partial charge in [-0.25, -0.2) is 4.98 Å². The number of nitrogens with zero attached hydrogens (tertiary/aromatic N) is 1. The van der Waals surface area contributed by atoms with Crippen LogP contribution >= 0.6 is 15.9 Å². The molecule has 0 saturated carbocycles. The van der Waals surface area contributed by atoms with Crippen molar-refractivity contribution in [3.8, 4) is 5.75 Å². The molecular formula is C7H6BrNO2. The zero-order valence-corrected chi connectivity index (χ0v) is 7.42. The second-order valence-corrected chi connectivity index (χ2v) is 2.90. The molecule has 1 rings (SSSR count). The highest BCUT2D eigenvalue weighted by Gasteiger charge is 2.09. The summed E-state index contributed by atoms with van der Waals surface area (Å²) in [6.45, 7) is 1.36. The van der Waals surface area contributed by atoms with Crippen LogP contribution in [0.15, 0.2) is 16.7 Å². The summed E-state index contributed by atoms with van der Waals surface area (Å²) in [5, 5.41) is 9.24. The highest BCUT2D eigenvalue weighted by Crippen LogP contribution is 2.25. The Labute approximate surface area is 72.2 Å². The summed E-state index contributed by atoms with van der Waals surface area (Å²) in [5.41, 5.74) is 0.0966. The molecule has 0 spiro atoms. The van der Waals surface area contributed by atoms with Crippen molar-refractivity contribution in [1.82, 2.24) is 4.98 Å². The third kappa shape index (κ3) is 1.57. The number of halogens is 1. The number of aromatic nitrogens is 1. The predicted octanol–water partition coefficient (Wildman–Crippen LogP) is 1.75. The Balaban J connectivity index is 3.27. The van der Waals surface area contributed by atoms with Gasteiger partial charge >= 0.3 is 0 Å². The van der Waals surface area contributed by atoms with Crippen molar-refractivity contribution in [3.05, 3.63) is 22.4 Å². The number of carbonyl (C=O) groups is 1. The Hall–Kier alpha value is -0.900. The van der Waals surface area contributed by atoms with Gasteiger partial charge in [-0.2, -0.15) is 0 Å². The summed E-state index contributed by atoms with van der Waals surface area (Å²) in [5.74, 6) is -0.344. The zero-order valence-electron chi connectivity index (χ0n) is 5.84. The molecule has 1 aromatic rings. The minimum Gasteiger partial charge on any atom is -0.504 e. The molecule has 4 heteroatoms. The normalized spacial score (nSPS) is 9.64. The van der Waals surface area contributed by atoms with Gasteiger partial charge in [0, 0.05) is 13.1 Å². The van der Waals surface area contributed by atoms with Crippen molar-refractivity contribution in [2.45, 2.75) is 6.92 Å². The average Bonchev–Trinajstić information content (AvgIpc) is 1.94. The van der Waals surface area contributed by atoms with Crippen LogP contribution in [0, 0.1) is 0 Å². The lowest BCUT2D eigenvalue weighted by atomic mass is 10.2. The van der Waals surface area contributed by atoms with Gasteiger partial charge in [0.2, 0.25) is 0 Å². The Bertz CT molecular complexity index is 298. The molecule has 1 N–H and O–H groups in total. The number of Topliss-reactive ketones (excluding diaryl/α,β-unsaturated/α-hetero) is 1. The molecule has 0 atom stereocenters. The number of hydrogen-bond acceptors (Lipinski definition) is 3. The molecule has 0 aliphatic heterocycles. The van der Waals surface area contributed by atoms with Gasteiger partial charge in [-0.1, -0.05) is 0 Å². The van der Waals surface area contributed by atoms with E-state index in [0.717, 1.165) is 0 Å². The summed E-state index contributed by atoms with van der Waals surface area (Å²) >= 11 is 3.07. The number of ketones is 1. The second kappa shape index (κ2) is 3.00. The largest absolute Gasteiger partial charge is 0.504 e. The van der Waals surface area contributed by atoms with E-state index in [4.69, 9.17) is 0 Å². The van der Waals surface area contributed by atoms with E-state index in [1.807, 2.05) is 0 Å². The van der Waals surface area contributed by atoms with Gasteiger partial charge in [-0.05, 0) is 22.0 Å². The minimum atomic E-state index is -0.246. The third-order valence-electron chi connectivity index (χ3n) is 1.21. The Morgan fingerprint density at radius 1 is 1.73 bits per heavy atom. The summed E-state index contributed by atoms with van der Waals surface area (Å²) < 4.78 is 0.484. The molecular weight excluding hydrogens is 210 g/mol. The lowest BCUT2D eigenvalue weighted by Crippen LogP contribution is -1.96. The average molecular weight is 216 g/mol. The van der Waals surface area contributed by atoms with Crippen molar-refractivity contribution >= 4 is 21.7 Å². The van der Waals surface area contributed by atoms with Crippen LogP contribution in [-0.4, -0.2) is 15.9 Å². The first kappa shape index (κ1) is 8.20. The highest BCUT2D eigenvalue weighted by molar-refractivity contribution is 9.10. The van der Waals surface area contributed by atoms with Crippen LogP contribution in [0.5, 0.6) is 5.75 Å². The molecule has 58 valence electrons. The molecule has 0 saturated heterocycles. The summed E-state index contributed by atoms with van der Waals surface area (Å²) in [6, 6.07) is 1.57. The third-order valence-corrected chi connectivity index (χ3v) is 1.85. The van der Waals surface area contributed by atoms with E-state index in [-0.39, 0.29) is 17.2 Å². The van der Waals surface area contributed by atoms with Crippen LogP contribution in [0.1, 0.15) is 17.4 Å². The van der Waals surface area contributed by atoms with Crippen LogP contribution < -0.4 is 0 Å². The Kier molecular flexibility index (Phi) is 2.24. The predicted molar refractivity (Wildman–Crippen MR) is 43.6 cm³/mol. The number of hydrogen-bond donors (Lipinski definition) is 1. The standard InChI is InChI=1S/C7H6BrNO2/c1-4(10)6-7(11)5(8)2-3-9-6/h2-3,11H,1H3. The van der Waals surface area contributed by atoms with Gasteiger partial charge in [-0.15, -0.1) is 0 Å². The van der Waals surface area contributed by atoms with E-state index >= 15 is 0 Å². The molecule has 0 radical (unpaired) electrons. The van der Waals surface area contributed by atoms with Gasteiger partial charge < -0.3 is 5.11 Å². The van der Waals surface area contributed by atoms with Gasteiger partial charge in [0.05, 0.1) is 4.47 Å². The summed E-state index contributed by atoms with van der Waals surface area (Å²) in [7, 11) is 0. The van der Waals surface area contributed by atoms with E-state index in [9.17, 15) is 9.90 Å². The van der Waals surface area contributed by atoms with E-state index in [0.29, 0.717) is 4.47 Å². The summed E-state index contributed by atoms with van der Waals surface area (Å²) in [4.78, 5) is 14.5. The molecule has 0 unspecified atom stereocenters. The van der Waals surface area contributed by atoms with E-state index in [1.165, 1.54) is 13.1 Å². The lowest BCUT2D eigenvalue weighted by molar-refractivity contribution is 0.101. The second-order valence-electron chi connectivity index (χ2n) is 2.05. The number of rotatable bonds is 1. The van der Waals surface area contributed by atoms with Gasteiger partial charge in [0.25, 0.3) is 0 Å². The smallest absolute Gasteiger partial charge is 0.181 e. The summed E-state index contributed by atoms with van der Waals surface area (Å²) in [6.07, 6.45) is 1.46. The first-order chi connectivity index (χ1) is 5.13. The zero-order chi connectivity index (χ0) is 8.43. The van der Waals surface area contributed by atoms with Crippen LogP contribution in [-0.2, 0) is 0 Å². The molecule has 11 heavy (non-hydrogen) atoms. The first-order valence-electron chi connectivity index (χ1n) is 2.97. The van der Waals surface area contributed by atoms with Crippen molar-refractivity contribution in [1.29, 1.82) is 0 Å². The maximum absolute atomic E-state index is 10.8. The molecule has 0 aliphatic rings. The van der Waals surface area contributed by atoms with Gasteiger partial charge in [0.15, 0.2) is 11.5 Å². The SMILES string of the molecule is CC(=O)c1nccc(Br)c1O. The molecule has 3 nitrogen and oxygen atoms in total. The molecule has 0 aromatic carbocycles. The fourth-order valence-corrected chi connectivity index (χ4v) is 0.994. The van der Waals surface area contributed by atoms with Gasteiger partial charge in [-0.3, -0.25) is 4.79 Å². The van der Waals surface area contributed by atoms with E-state index in [1.54, 1.807) is 6.07 Å².